The summed E-state index contributed by atoms with van der Waals surface area (Å²) in [7, 11) is 0.139. The maximum Gasteiger partial charge on any atom is 0.264 e. The molecule has 0 saturated carbocycles. The maximum atomic E-state index is 13.7. The summed E-state index contributed by atoms with van der Waals surface area (Å²) in [4.78, 5) is 22.2. The van der Waals surface area contributed by atoms with E-state index in [0.29, 0.717) is 53.9 Å². The van der Waals surface area contributed by atoms with Gasteiger partial charge in [0.05, 0.1) is 20.8 Å². The van der Waals surface area contributed by atoms with Gasteiger partial charge in [0.1, 0.15) is 0 Å². The van der Waals surface area contributed by atoms with Gasteiger partial charge < -0.3 is 14.4 Å². The number of hydrogen-bond acceptors (Lipinski definition) is 8. The maximum absolute atomic E-state index is 13.7. The predicted octanol–water partition coefficient (Wildman–Crippen LogP) is 3.98. The number of carbonyl (C=O) groups is 1. The van der Waals surface area contributed by atoms with Crippen molar-refractivity contribution < 1.29 is 22.7 Å². The third kappa shape index (κ3) is 4.36. The zero-order valence-electron chi connectivity index (χ0n) is 21.0. The van der Waals surface area contributed by atoms with E-state index < -0.39 is 10.0 Å². The number of sulfonamides is 1. The van der Waals surface area contributed by atoms with Crippen LogP contribution < -0.4 is 18.7 Å². The number of para-hydroxylation sites is 1. The van der Waals surface area contributed by atoms with Crippen molar-refractivity contribution in [3.8, 4) is 11.5 Å². The number of benzene rings is 3. The van der Waals surface area contributed by atoms with E-state index in [1.165, 1.54) is 27.8 Å². The van der Waals surface area contributed by atoms with Crippen LogP contribution in [0.2, 0.25) is 0 Å². The van der Waals surface area contributed by atoms with Crippen LogP contribution in [0, 0.1) is 0 Å². The Hall–Kier alpha value is -3.67. The fourth-order valence-electron chi connectivity index (χ4n) is 4.62. The summed E-state index contributed by atoms with van der Waals surface area (Å²) >= 11 is 1.40. The Bertz CT molecular complexity index is 1590. The van der Waals surface area contributed by atoms with Gasteiger partial charge in [-0.25, -0.2) is 13.4 Å². The average Bonchev–Trinajstić information content (AvgIpc) is 3.65. The van der Waals surface area contributed by atoms with Crippen LogP contribution in [-0.4, -0.2) is 64.7 Å². The van der Waals surface area contributed by atoms with Gasteiger partial charge in [0, 0.05) is 37.3 Å². The van der Waals surface area contributed by atoms with Gasteiger partial charge in [-0.2, -0.15) is 0 Å². The topological polar surface area (TPSA) is 92.3 Å². The SMILES string of the molecule is CN(C)CCN(C(=O)c1ccc(S(=O)(=O)N2CCc3ccccc32)cc1)c1nc2cc3c(cc2s1)OCO3. The number of carbonyl (C=O) groups excluding carboxylic acids is 1. The second-order valence-corrected chi connectivity index (χ2v) is 12.3. The molecule has 2 aliphatic rings. The molecule has 0 saturated heterocycles. The van der Waals surface area contributed by atoms with E-state index in [1.807, 2.05) is 55.4 Å². The van der Waals surface area contributed by atoms with Gasteiger partial charge in [-0.15, -0.1) is 0 Å². The first kappa shape index (κ1) is 24.7. The van der Waals surface area contributed by atoms with E-state index in [-0.39, 0.29) is 17.6 Å². The molecule has 6 rings (SSSR count). The number of likely N-dealkylation sites (N-methyl/N-ethyl adjacent to an activating group) is 1. The predicted molar refractivity (Wildman–Crippen MR) is 147 cm³/mol. The summed E-state index contributed by atoms with van der Waals surface area (Å²) < 4.78 is 40.1. The van der Waals surface area contributed by atoms with E-state index in [2.05, 4.69) is 0 Å². The van der Waals surface area contributed by atoms with Crippen molar-refractivity contribution in [2.24, 2.45) is 0 Å². The van der Waals surface area contributed by atoms with E-state index in [4.69, 9.17) is 14.5 Å². The first-order valence-corrected chi connectivity index (χ1v) is 14.4. The molecule has 0 aliphatic carbocycles. The van der Waals surface area contributed by atoms with Gasteiger partial charge >= 0.3 is 0 Å². The van der Waals surface area contributed by atoms with E-state index in [1.54, 1.807) is 17.0 Å². The Morgan fingerprint density at radius 2 is 1.76 bits per heavy atom. The van der Waals surface area contributed by atoms with Crippen LogP contribution >= 0.6 is 11.3 Å². The van der Waals surface area contributed by atoms with E-state index in [0.717, 1.165) is 15.8 Å². The summed E-state index contributed by atoms with van der Waals surface area (Å²) in [6.45, 7) is 1.63. The third-order valence-electron chi connectivity index (χ3n) is 6.65. The Morgan fingerprint density at radius 3 is 2.53 bits per heavy atom. The third-order valence-corrected chi connectivity index (χ3v) is 9.52. The minimum absolute atomic E-state index is 0.153. The number of nitrogens with zero attached hydrogens (tertiary/aromatic N) is 4. The number of rotatable bonds is 7. The molecule has 0 fully saturated rings. The van der Waals surface area contributed by atoms with Gasteiger partial charge in [0.2, 0.25) is 6.79 Å². The molecule has 2 aliphatic heterocycles. The summed E-state index contributed by atoms with van der Waals surface area (Å²) in [5, 5.41) is 0.556. The zero-order chi connectivity index (χ0) is 26.4. The second kappa shape index (κ2) is 9.57. The molecule has 9 nitrogen and oxygen atoms in total. The zero-order valence-corrected chi connectivity index (χ0v) is 22.6. The fraction of sp³-hybridized carbons (Fsp3) is 0.259. The van der Waals surface area contributed by atoms with Gasteiger partial charge in [0.15, 0.2) is 16.6 Å². The van der Waals surface area contributed by atoms with E-state index >= 15 is 0 Å². The van der Waals surface area contributed by atoms with Crippen molar-refractivity contribution in [3.05, 3.63) is 71.8 Å². The lowest BCUT2D eigenvalue weighted by atomic mass is 10.2. The number of anilines is 2. The van der Waals surface area contributed by atoms with Crippen LogP contribution in [0.5, 0.6) is 11.5 Å². The fourth-order valence-corrected chi connectivity index (χ4v) is 7.12. The molecule has 4 aromatic rings. The molecule has 38 heavy (non-hydrogen) atoms. The molecule has 0 bridgehead atoms. The van der Waals surface area contributed by atoms with Gasteiger partial charge in [-0.3, -0.25) is 14.0 Å². The highest BCUT2D eigenvalue weighted by atomic mass is 32.2. The van der Waals surface area contributed by atoms with Crippen molar-refractivity contribution >= 4 is 48.3 Å². The van der Waals surface area contributed by atoms with Crippen molar-refractivity contribution in [3.63, 3.8) is 0 Å². The summed E-state index contributed by atoms with van der Waals surface area (Å²) in [5.74, 6) is 1.05. The minimum atomic E-state index is -3.74. The Morgan fingerprint density at radius 1 is 1.03 bits per heavy atom. The average molecular weight is 551 g/mol. The smallest absolute Gasteiger partial charge is 0.264 e. The highest BCUT2D eigenvalue weighted by Crippen LogP contribution is 2.40. The lowest BCUT2D eigenvalue weighted by molar-refractivity contribution is 0.0985. The molecule has 0 N–H and O–H groups in total. The molecular weight excluding hydrogens is 524 g/mol. The highest BCUT2D eigenvalue weighted by Gasteiger charge is 2.31. The van der Waals surface area contributed by atoms with Crippen molar-refractivity contribution in [2.45, 2.75) is 11.3 Å². The van der Waals surface area contributed by atoms with Crippen molar-refractivity contribution in [2.75, 3.05) is 49.7 Å². The molecule has 0 atom stereocenters. The number of aromatic nitrogens is 1. The lowest BCUT2D eigenvalue weighted by Gasteiger charge is -2.22. The molecule has 1 aromatic heterocycles. The van der Waals surface area contributed by atoms with E-state index in [9.17, 15) is 13.2 Å². The van der Waals surface area contributed by atoms with Crippen molar-refractivity contribution in [1.82, 2.24) is 9.88 Å². The normalized spacial score (nSPS) is 14.3. The monoisotopic (exact) mass is 550 g/mol. The summed E-state index contributed by atoms with van der Waals surface area (Å²) in [6, 6.07) is 17.4. The first-order chi connectivity index (χ1) is 18.3. The van der Waals surface area contributed by atoms with Crippen molar-refractivity contribution in [1.29, 1.82) is 0 Å². The molecule has 11 heteroatoms. The Kier molecular flexibility index (Phi) is 6.21. The molecule has 3 aromatic carbocycles. The quantitative estimate of drug-likeness (QED) is 0.344. The minimum Gasteiger partial charge on any atom is -0.454 e. The molecular formula is C27H26N4O5S2. The standard InChI is InChI=1S/C27H26N4O5S2/c1-29(2)13-14-30(27-28-21-15-23-24(36-17-35-23)16-25(21)37-27)26(32)19-7-9-20(10-8-19)38(33,34)31-12-11-18-5-3-4-6-22(18)31/h3-10,15-16H,11-14,17H2,1-2H3. The largest absolute Gasteiger partial charge is 0.454 e. The molecule has 0 radical (unpaired) electrons. The first-order valence-electron chi connectivity index (χ1n) is 12.2. The molecule has 0 unspecified atom stereocenters. The summed E-state index contributed by atoms with van der Waals surface area (Å²) in [5.41, 5.74) is 2.83. The molecule has 0 spiro atoms. The van der Waals surface area contributed by atoms with Crippen LogP contribution in [0.1, 0.15) is 15.9 Å². The van der Waals surface area contributed by atoms with Crippen LogP contribution in [0.3, 0.4) is 0 Å². The summed E-state index contributed by atoms with van der Waals surface area (Å²) in [6.07, 6.45) is 0.677. The van der Waals surface area contributed by atoms with Crippen LogP contribution in [0.25, 0.3) is 10.2 Å². The van der Waals surface area contributed by atoms with Gasteiger partial charge in [-0.05, 0) is 56.4 Å². The Labute approximate surface area is 224 Å². The molecule has 3 heterocycles. The Balaban J connectivity index is 1.29. The molecule has 196 valence electrons. The highest BCUT2D eigenvalue weighted by molar-refractivity contribution is 7.92. The second-order valence-electron chi connectivity index (χ2n) is 9.41. The number of thiazole rings is 1. The van der Waals surface area contributed by atoms with Crippen LogP contribution in [-0.2, 0) is 16.4 Å². The van der Waals surface area contributed by atoms with Gasteiger partial charge in [-0.1, -0.05) is 29.5 Å². The van der Waals surface area contributed by atoms with Gasteiger partial charge in [0.25, 0.3) is 15.9 Å². The number of amides is 1. The number of hydrogen-bond donors (Lipinski definition) is 0. The number of ether oxygens (including phenoxy) is 2. The van der Waals surface area contributed by atoms with Crippen LogP contribution in [0.4, 0.5) is 10.8 Å². The lowest BCUT2D eigenvalue weighted by Crippen LogP contribution is -2.36. The molecule has 1 amide bonds. The van der Waals surface area contributed by atoms with Crippen LogP contribution in [0.15, 0.2) is 65.6 Å². The number of fused-ring (bicyclic) bond motifs is 3.